The minimum atomic E-state index is 0.814. The number of benzene rings is 2. The van der Waals surface area contributed by atoms with Crippen LogP contribution in [0.15, 0.2) is 48.5 Å². The lowest BCUT2D eigenvalue weighted by molar-refractivity contribution is 0.420. The highest BCUT2D eigenvalue weighted by Crippen LogP contribution is 2.52. The molecule has 102 valence electrons. The third kappa shape index (κ3) is 2.07. The summed E-state index contributed by atoms with van der Waals surface area (Å²) >= 11 is 6.28. The number of hydrogen-bond acceptors (Lipinski definition) is 0. The van der Waals surface area contributed by atoms with Crippen molar-refractivity contribution in [1.29, 1.82) is 0 Å². The van der Waals surface area contributed by atoms with Crippen molar-refractivity contribution in [2.75, 3.05) is 0 Å². The summed E-state index contributed by atoms with van der Waals surface area (Å²) in [5, 5.41) is 0.833. The predicted molar refractivity (Wildman–Crippen MR) is 85.1 cm³/mol. The molecule has 2 aromatic rings. The van der Waals surface area contributed by atoms with E-state index in [4.69, 9.17) is 11.6 Å². The van der Waals surface area contributed by atoms with Gasteiger partial charge in [0.05, 0.1) is 0 Å². The van der Waals surface area contributed by atoms with Gasteiger partial charge in [0.1, 0.15) is 0 Å². The predicted octanol–water partition coefficient (Wildman–Crippen LogP) is 5.91. The average molecular weight is 283 g/mol. The maximum Gasteiger partial charge on any atom is 0.0484 e. The Bertz CT molecular complexity index is 614. The molecular weight excluding hydrogens is 264 g/mol. The van der Waals surface area contributed by atoms with E-state index in [1.54, 1.807) is 0 Å². The zero-order chi connectivity index (χ0) is 13.5. The van der Waals surface area contributed by atoms with Crippen LogP contribution in [-0.2, 0) is 0 Å². The van der Waals surface area contributed by atoms with Crippen molar-refractivity contribution in [3.63, 3.8) is 0 Å². The molecule has 2 aromatic carbocycles. The highest BCUT2D eigenvalue weighted by molar-refractivity contribution is 6.33. The van der Waals surface area contributed by atoms with Gasteiger partial charge < -0.3 is 0 Å². The van der Waals surface area contributed by atoms with E-state index < -0.39 is 0 Å². The molecule has 3 unspecified atom stereocenters. The second-order valence-corrected chi connectivity index (χ2v) is 6.79. The molecule has 0 aliphatic heterocycles. The van der Waals surface area contributed by atoms with Gasteiger partial charge in [-0.25, -0.2) is 0 Å². The zero-order valence-electron chi connectivity index (χ0n) is 11.6. The van der Waals surface area contributed by atoms with Gasteiger partial charge in [0, 0.05) is 10.6 Å². The van der Waals surface area contributed by atoms with Crippen LogP contribution in [0.4, 0.5) is 0 Å². The maximum atomic E-state index is 6.28. The second kappa shape index (κ2) is 4.93. The Morgan fingerprint density at radius 3 is 2.30 bits per heavy atom. The molecule has 2 aliphatic carbocycles. The molecule has 2 saturated carbocycles. The van der Waals surface area contributed by atoms with E-state index in [1.807, 2.05) is 18.2 Å². The fourth-order valence-electron chi connectivity index (χ4n) is 4.26. The van der Waals surface area contributed by atoms with Crippen LogP contribution in [0.5, 0.6) is 0 Å². The first kappa shape index (κ1) is 12.5. The Hall–Kier alpha value is -1.27. The molecule has 2 aliphatic rings. The van der Waals surface area contributed by atoms with Gasteiger partial charge in [0.25, 0.3) is 0 Å². The van der Waals surface area contributed by atoms with Crippen LogP contribution in [0.25, 0.3) is 11.1 Å². The quantitative estimate of drug-likeness (QED) is 0.642. The van der Waals surface area contributed by atoms with Crippen LogP contribution in [0, 0.1) is 11.8 Å². The molecule has 0 saturated heterocycles. The SMILES string of the molecule is Clc1ccccc1-c1ccc(C2CC3CCC2C3)cc1. The van der Waals surface area contributed by atoms with E-state index >= 15 is 0 Å². The summed E-state index contributed by atoms with van der Waals surface area (Å²) in [5.41, 5.74) is 3.89. The van der Waals surface area contributed by atoms with Gasteiger partial charge in [-0.1, -0.05) is 60.5 Å². The van der Waals surface area contributed by atoms with Crippen molar-refractivity contribution in [3.05, 3.63) is 59.1 Å². The van der Waals surface area contributed by atoms with Gasteiger partial charge in [-0.15, -0.1) is 0 Å². The van der Waals surface area contributed by atoms with Gasteiger partial charge in [0.15, 0.2) is 0 Å². The van der Waals surface area contributed by atoms with Crippen molar-refractivity contribution in [1.82, 2.24) is 0 Å². The molecule has 20 heavy (non-hydrogen) atoms. The number of halogens is 1. The Kier molecular flexibility index (Phi) is 3.07. The lowest BCUT2D eigenvalue weighted by atomic mass is 9.83. The van der Waals surface area contributed by atoms with Crippen molar-refractivity contribution in [2.24, 2.45) is 11.8 Å². The minimum absolute atomic E-state index is 0.814. The van der Waals surface area contributed by atoms with Crippen LogP contribution < -0.4 is 0 Å². The molecule has 1 heteroatoms. The Balaban J connectivity index is 1.62. The average Bonchev–Trinajstić information content (AvgIpc) is 3.11. The smallest absolute Gasteiger partial charge is 0.0484 e. The van der Waals surface area contributed by atoms with Crippen LogP contribution in [0.3, 0.4) is 0 Å². The van der Waals surface area contributed by atoms with Crippen molar-refractivity contribution in [2.45, 2.75) is 31.6 Å². The molecule has 0 amide bonds. The van der Waals surface area contributed by atoms with E-state index in [9.17, 15) is 0 Å². The van der Waals surface area contributed by atoms with Gasteiger partial charge in [-0.05, 0) is 54.2 Å². The van der Waals surface area contributed by atoms with Crippen molar-refractivity contribution < 1.29 is 0 Å². The van der Waals surface area contributed by atoms with Crippen molar-refractivity contribution >= 4 is 11.6 Å². The molecule has 0 heterocycles. The summed E-state index contributed by atoms with van der Waals surface area (Å²) < 4.78 is 0. The summed E-state index contributed by atoms with van der Waals surface area (Å²) in [6, 6.07) is 17.2. The molecule has 0 spiro atoms. The molecular formula is C19H19Cl. The standard InChI is InChI=1S/C19H19Cl/c20-19-4-2-1-3-17(19)14-7-9-15(10-8-14)18-12-13-5-6-16(18)11-13/h1-4,7-10,13,16,18H,5-6,11-12H2. The molecule has 0 N–H and O–H groups in total. The normalized spacial score (nSPS) is 27.9. The molecule has 0 nitrogen and oxygen atoms in total. The molecule has 2 bridgehead atoms. The van der Waals surface area contributed by atoms with E-state index in [2.05, 4.69) is 30.3 Å². The van der Waals surface area contributed by atoms with Gasteiger partial charge in [0.2, 0.25) is 0 Å². The van der Waals surface area contributed by atoms with Crippen molar-refractivity contribution in [3.8, 4) is 11.1 Å². The lowest BCUT2D eigenvalue weighted by Crippen LogP contribution is -2.08. The summed E-state index contributed by atoms with van der Waals surface area (Å²) in [4.78, 5) is 0. The van der Waals surface area contributed by atoms with E-state index in [0.717, 1.165) is 28.3 Å². The van der Waals surface area contributed by atoms with E-state index in [-0.39, 0.29) is 0 Å². The first-order valence-electron chi connectivity index (χ1n) is 7.66. The highest BCUT2D eigenvalue weighted by atomic mass is 35.5. The number of fused-ring (bicyclic) bond motifs is 2. The summed E-state index contributed by atoms with van der Waals surface area (Å²) in [6.07, 6.45) is 5.80. The van der Waals surface area contributed by atoms with Crippen LogP contribution in [0.1, 0.15) is 37.2 Å². The van der Waals surface area contributed by atoms with Gasteiger partial charge >= 0.3 is 0 Å². The minimum Gasteiger partial charge on any atom is -0.0837 e. The Morgan fingerprint density at radius 1 is 0.850 bits per heavy atom. The van der Waals surface area contributed by atoms with Gasteiger partial charge in [-0.3, -0.25) is 0 Å². The largest absolute Gasteiger partial charge is 0.0837 e. The highest BCUT2D eigenvalue weighted by Gasteiger charge is 2.39. The summed E-state index contributed by atoms with van der Waals surface area (Å²) in [5.74, 6) is 2.77. The first-order chi connectivity index (χ1) is 9.81. The summed E-state index contributed by atoms with van der Waals surface area (Å²) in [6.45, 7) is 0. The molecule has 0 aromatic heterocycles. The third-order valence-electron chi connectivity index (χ3n) is 5.26. The van der Waals surface area contributed by atoms with Crippen LogP contribution in [-0.4, -0.2) is 0 Å². The molecule has 4 rings (SSSR count). The maximum absolute atomic E-state index is 6.28. The number of rotatable bonds is 2. The second-order valence-electron chi connectivity index (χ2n) is 6.38. The zero-order valence-corrected chi connectivity index (χ0v) is 12.3. The fraction of sp³-hybridized carbons (Fsp3) is 0.368. The first-order valence-corrected chi connectivity index (χ1v) is 8.04. The topological polar surface area (TPSA) is 0 Å². The fourth-order valence-corrected chi connectivity index (χ4v) is 4.50. The Labute approximate surface area is 125 Å². The molecule has 2 fully saturated rings. The van der Waals surface area contributed by atoms with Crippen LogP contribution >= 0.6 is 11.6 Å². The lowest BCUT2D eigenvalue weighted by Gasteiger charge is -2.22. The van der Waals surface area contributed by atoms with Crippen LogP contribution in [0.2, 0.25) is 5.02 Å². The van der Waals surface area contributed by atoms with E-state index in [0.29, 0.717) is 0 Å². The third-order valence-corrected chi connectivity index (χ3v) is 5.59. The molecule has 0 radical (unpaired) electrons. The molecule has 3 atom stereocenters. The van der Waals surface area contributed by atoms with Gasteiger partial charge in [-0.2, -0.15) is 0 Å². The monoisotopic (exact) mass is 282 g/mol. The number of hydrogen-bond donors (Lipinski definition) is 0. The van der Waals surface area contributed by atoms with E-state index in [1.165, 1.54) is 36.8 Å². The summed E-state index contributed by atoms with van der Waals surface area (Å²) in [7, 11) is 0. The Morgan fingerprint density at radius 2 is 1.65 bits per heavy atom.